The first-order valence-electron chi connectivity index (χ1n) is 8.74. The minimum atomic E-state index is -0.00671. The van der Waals surface area contributed by atoms with Crippen molar-refractivity contribution in [3.63, 3.8) is 0 Å². The van der Waals surface area contributed by atoms with E-state index in [0.717, 1.165) is 23.1 Å². The highest BCUT2D eigenvalue weighted by Gasteiger charge is 2.60. The van der Waals surface area contributed by atoms with Crippen LogP contribution in [0.2, 0.25) is 0 Å². The molecule has 0 aromatic carbocycles. The van der Waals surface area contributed by atoms with Crippen LogP contribution in [-0.2, 0) is 0 Å². The summed E-state index contributed by atoms with van der Waals surface area (Å²) in [4.78, 5) is 19.3. The molecule has 0 amide bonds. The van der Waals surface area contributed by atoms with E-state index in [1.165, 1.54) is 4.91 Å². The molecule has 2 atom stereocenters. The van der Waals surface area contributed by atoms with E-state index in [-0.39, 0.29) is 17.1 Å². The van der Waals surface area contributed by atoms with Gasteiger partial charge >= 0.3 is 0 Å². The molecule has 2 aromatic rings. The lowest BCUT2D eigenvalue weighted by molar-refractivity contribution is 0.474. The van der Waals surface area contributed by atoms with Crippen LogP contribution in [0.15, 0.2) is 69.6 Å². The highest BCUT2D eigenvalue weighted by Crippen LogP contribution is 2.61. The highest BCUT2D eigenvalue weighted by atomic mass is 32.2. The van der Waals surface area contributed by atoms with Crippen LogP contribution in [-0.4, -0.2) is 31.5 Å². The Morgan fingerprint density at radius 3 is 3.11 bits per heavy atom. The Kier molecular flexibility index (Phi) is 3.65. The second-order valence-corrected chi connectivity index (χ2v) is 7.78. The summed E-state index contributed by atoms with van der Waals surface area (Å²) in [5.74, 6) is 1.60. The van der Waals surface area contributed by atoms with Gasteiger partial charge in [0, 0.05) is 17.0 Å². The standard InChI is InChI=1S/C20H17N5OS/c1-12(22-18-15(26)7-4-10-21-18)14-6-3-9-17(23-14)24-19-25-20-11-13(20)5-2-8-16(20)27-19/h2-10,13,26H,11H2,1H3,(H,23,24,25)/b22-12+. The maximum atomic E-state index is 9.85. The van der Waals surface area contributed by atoms with Gasteiger partial charge in [0.25, 0.3) is 0 Å². The third-order valence-electron chi connectivity index (χ3n) is 4.90. The molecule has 0 saturated heterocycles. The van der Waals surface area contributed by atoms with E-state index in [1.54, 1.807) is 30.1 Å². The summed E-state index contributed by atoms with van der Waals surface area (Å²) < 4.78 is 0. The fourth-order valence-corrected chi connectivity index (χ4v) is 4.56. The van der Waals surface area contributed by atoms with Gasteiger partial charge in [-0.25, -0.2) is 20.0 Å². The average Bonchev–Trinajstić information content (AvgIpc) is 3.28. The molecule has 2 unspecified atom stereocenters. The SMILES string of the molecule is C/C(=N\c1ncccc1O)c1cccc(NC2=NC34CC3C=CC=C4S2)n1. The molecule has 2 aromatic heterocycles. The molecule has 0 bridgehead atoms. The van der Waals surface area contributed by atoms with Crippen molar-refractivity contribution in [2.75, 3.05) is 5.32 Å². The van der Waals surface area contributed by atoms with Gasteiger partial charge in [0.1, 0.15) is 11.4 Å². The lowest BCUT2D eigenvalue weighted by Gasteiger charge is -2.08. The summed E-state index contributed by atoms with van der Waals surface area (Å²) in [6.07, 6.45) is 9.22. The predicted octanol–water partition coefficient (Wildman–Crippen LogP) is 4.05. The molecule has 27 heavy (non-hydrogen) atoms. The molecule has 7 heteroatoms. The fraction of sp³-hybridized carbons (Fsp3) is 0.200. The molecule has 1 spiro atoms. The Morgan fingerprint density at radius 2 is 2.26 bits per heavy atom. The van der Waals surface area contributed by atoms with E-state index >= 15 is 0 Å². The topological polar surface area (TPSA) is 82.8 Å². The first-order valence-corrected chi connectivity index (χ1v) is 9.56. The van der Waals surface area contributed by atoms with Gasteiger partial charge in [-0.1, -0.05) is 36.1 Å². The number of thioether (sulfide) groups is 1. The van der Waals surface area contributed by atoms with Crippen LogP contribution in [0.4, 0.5) is 11.6 Å². The summed E-state index contributed by atoms with van der Waals surface area (Å²) >= 11 is 1.68. The number of allylic oxidation sites excluding steroid dienone is 2. The van der Waals surface area contributed by atoms with Crippen molar-refractivity contribution in [2.45, 2.75) is 18.9 Å². The molecule has 6 nitrogen and oxygen atoms in total. The van der Waals surface area contributed by atoms with Gasteiger partial charge in [-0.15, -0.1) is 0 Å². The Labute approximate surface area is 160 Å². The van der Waals surface area contributed by atoms with Crippen LogP contribution in [0.1, 0.15) is 19.0 Å². The Morgan fingerprint density at radius 1 is 1.33 bits per heavy atom. The fourth-order valence-electron chi connectivity index (χ4n) is 3.38. The van der Waals surface area contributed by atoms with E-state index in [2.05, 4.69) is 38.5 Å². The zero-order valence-electron chi connectivity index (χ0n) is 14.6. The number of nitrogens with zero attached hydrogens (tertiary/aromatic N) is 4. The van der Waals surface area contributed by atoms with Gasteiger partial charge in [-0.05, 0) is 37.6 Å². The van der Waals surface area contributed by atoms with Crippen LogP contribution in [0.25, 0.3) is 0 Å². The van der Waals surface area contributed by atoms with Gasteiger partial charge < -0.3 is 10.4 Å². The number of hydrogen-bond acceptors (Lipinski definition) is 7. The Balaban J connectivity index is 1.37. The van der Waals surface area contributed by atoms with Crippen LogP contribution in [0, 0.1) is 5.92 Å². The van der Waals surface area contributed by atoms with Gasteiger partial charge in [0.2, 0.25) is 0 Å². The maximum absolute atomic E-state index is 9.85. The third-order valence-corrected chi connectivity index (χ3v) is 6.00. The number of rotatable bonds is 3. The molecule has 134 valence electrons. The van der Waals surface area contributed by atoms with Crippen molar-refractivity contribution in [3.8, 4) is 5.75 Å². The number of aromatic hydroxyl groups is 1. The second-order valence-electron chi connectivity index (χ2n) is 6.75. The number of anilines is 1. The first-order chi connectivity index (χ1) is 13.1. The van der Waals surface area contributed by atoms with Crippen molar-refractivity contribution in [2.24, 2.45) is 15.9 Å². The summed E-state index contributed by atoms with van der Waals surface area (Å²) in [7, 11) is 0. The summed E-state index contributed by atoms with van der Waals surface area (Å²) in [6, 6.07) is 8.95. The van der Waals surface area contributed by atoms with Gasteiger partial charge in [-0.2, -0.15) is 0 Å². The second kappa shape index (κ2) is 6.06. The summed E-state index contributed by atoms with van der Waals surface area (Å²) in [5.41, 5.74) is 1.39. The molecule has 5 rings (SSSR count). The predicted molar refractivity (Wildman–Crippen MR) is 109 cm³/mol. The van der Waals surface area contributed by atoms with Gasteiger partial charge in [-0.3, -0.25) is 0 Å². The number of pyridine rings is 2. The van der Waals surface area contributed by atoms with E-state index < -0.39 is 0 Å². The van der Waals surface area contributed by atoms with E-state index in [1.807, 2.05) is 25.1 Å². The van der Waals surface area contributed by atoms with Crippen LogP contribution < -0.4 is 5.32 Å². The number of hydrogen-bond donors (Lipinski definition) is 2. The largest absolute Gasteiger partial charge is 0.504 e. The third kappa shape index (κ3) is 2.84. The van der Waals surface area contributed by atoms with E-state index in [9.17, 15) is 5.11 Å². The minimum Gasteiger partial charge on any atom is -0.504 e. The zero-order chi connectivity index (χ0) is 18.4. The lowest BCUT2D eigenvalue weighted by atomic mass is 10.1. The molecule has 1 aliphatic heterocycles. The Hall–Kier alpha value is -2.93. The van der Waals surface area contributed by atoms with Crippen molar-refractivity contribution >= 4 is 34.3 Å². The van der Waals surface area contributed by atoms with Gasteiger partial charge in [0.15, 0.2) is 16.7 Å². The smallest absolute Gasteiger partial charge is 0.195 e. The normalized spacial score (nSPS) is 25.4. The molecule has 3 aliphatic rings. The lowest BCUT2D eigenvalue weighted by Crippen LogP contribution is -2.10. The Bertz CT molecular complexity index is 1060. The molecule has 3 heterocycles. The zero-order valence-corrected chi connectivity index (χ0v) is 15.4. The summed E-state index contributed by atoms with van der Waals surface area (Å²) in [5, 5.41) is 14.1. The number of amidine groups is 1. The number of nitrogens with one attached hydrogen (secondary N) is 1. The molecular weight excluding hydrogens is 358 g/mol. The van der Waals surface area contributed by atoms with Crippen molar-refractivity contribution < 1.29 is 5.11 Å². The molecular formula is C20H17N5OS. The number of aromatic nitrogens is 2. The van der Waals surface area contributed by atoms with Crippen molar-refractivity contribution in [1.29, 1.82) is 0 Å². The van der Waals surface area contributed by atoms with E-state index in [4.69, 9.17) is 4.99 Å². The quantitative estimate of drug-likeness (QED) is 0.791. The molecule has 2 aliphatic carbocycles. The maximum Gasteiger partial charge on any atom is 0.195 e. The minimum absolute atomic E-state index is 0.00671. The van der Waals surface area contributed by atoms with Crippen LogP contribution in [0.5, 0.6) is 5.75 Å². The molecule has 1 saturated carbocycles. The first kappa shape index (κ1) is 16.3. The molecule has 2 N–H and O–H groups in total. The molecule has 1 fully saturated rings. The van der Waals surface area contributed by atoms with Gasteiger partial charge in [0.05, 0.1) is 11.4 Å². The summed E-state index contributed by atoms with van der Waals surface area (Å²) in [6.45, 7) is 1.85. The monoisotopic (exact) mass is 375 g/mol. The van der Waals surface area contributed by atoms with Crippen molar-refractivity contribution in [3.05, 3.63) is 65.4 Å². The van der Waals surface area contributed by atoms with Crippen molar-refractivity contribution in [1.82, 2.24) is 9.97 Å². The van der Waals surface area contributed by atoms with E-state index in [0.29, 0.717) is 11.6 Å². The highest BCUT2D eigenvalue weighted by molar-refractivity contribution is 8.17. The number of aliphatic imine (C=N–C) groups is 2. The molecule has 0 radical (unpaired) electrons. The van der Waals surface area contributed by atoms with Crippen LogP contribution in [0.3, 0.4) is 0 Å². The average molecular weight is 375 g/mol. The van der Waals surface area contributed by atoms with Crippen LogP contribution >= 0.6 is 11.8 Å².